The Hall–Kier alpha value is -1.37. The van der Waals surface area contributed by atoms with E-state index in [0.29, 0.717) is 13.0 Å². The third kappa shape index (κ3) is 3.32. The minimum absolute atomic E-state index is 0.225. The third-order valence-electron chi connectivity index (χ3n) is 2.61. The lowest BCUT2D eigenvalue weighted by Gasteiger charge is -2.08. The Labute approximate surface area is 119 Å². The van der Waals surface area contributed by atoms with Crippen LogP contribution >= 0.6 is 22.6 Å². The topological polar surface area (TPSA) is 44.1 Å². The highest BCUT2D eigenvalue weighted by Crippen LogP contribution is 2.12. The average molecular weight is 356 g/mol. The number of hydrogen-bond donors (Lipinski definition) is 0. The highest BCUT2D eigenvalue weighted by atomic mass is 127. The molecule has 1 aromatic heterocycles. The van der Waals surface area contributed by atoms with Gasteiger partial charge in [-0.1, -0.05) is 24.3 Å². The molecule has 0 aliphatic rings. The molecule has 5 heteroatoms. The lowest BCUT2D eigenvalue weighted by Crippen LogP contribution is -2.09. The van der Waals surface area contributed by atoms with Gasteiger partial charge in [-0.05, 0) is 33.7 Å². The predicted molar refractivity (Wildman–Crippen MR) is 76.2 cm³/mol. The second kappa shape index (κ2) is 5.99. The average Bonchev–Trinajstić information content (AvgIpc) is 2.77. The van der Waals surface area contributed by atoms with Crippen molar-refractivity contribution in [2.45, 2.75) is 13.0 Å². The lowest BCUT2D eigenvalue weighted by atomic mass is 10.0. The highest BCUT2D eigenvalue weighted by Gasteiger charge is 2.08. The van der Waals surface area contributed by atoms with E-state index in [1.165, 1.54) is 7.11 Å². The molecule has 0 radical (unpaired) electrons. The summed E-state index contributed by atoms with van der Waals surface area (Å²) in [5, 5.41) is 4.24. The monoisotopic (exact) mass is 356 g/mol. The fraction of sp³-hybridized carbons (Fsp3) is 0.231. The van der Waals surface area contributed by atoms with E-state index in [9.17, 15) is 4.79 Å². The fourth-order valence-corrected chi connectivity index (χ4v) is 2.16. The largest absolute Gasteiger partial charge is 0.469 e. The van der Waals surface area contributed by atoms with Gasteiger partial charge in [0.2, 0.25) is 0 Å². The molecule has 1 aromatic carbocycles. The number of halogens is 1. The molecule has 2 rings (SSSR count). The summed E-state index contributed by atoms with van der Waals surface area (Å²) >= 11 is 2.22. The van der Waals surface area contributed by atoms with Crippen molar-refractivity contribution in [2.24, 2.45) is 0 Å². The zero-order chi connectivity index (χ0) is 13.0. The normalized spacial score (nSPS) is 10.3. The van der Waals surface area contributed by atoms with E-state index in [4.69, 9.17) is 4.74 Å². The summed E-state index contributed by atoms with van der Waals surface area (Å²) in [6.07, 6.45) is 4.07. The number of nitrogens with zero attached hydrogens (tertiary/aromatic N) is 2. The van der Waals surface area contributed by atoms with Crippen molar-refractivity contribution in [1.29, 1.82) is 0 Å². The number of ether oxygens (including phenoxy) is 1. The van der Waals surface area contributed by atoms with Crippen molar-refractivity contribution in [3.63, 3.8) is 0 Å². The van der Waals surface area contributed by atoms with Crippen LogP contribution in [0.15, 0.2) is 36.7 Å². The van der Waals surface area contributed by atoms with Crippen molar-refractivity contribution in [2.75, 3.05) is 7.11 Å². The van der Waals surface area contributed by atoms with Gasteiger partial charge in [0.1, 0.15) is 0 Å². The molecule has 0 unspecified atom stereocenters. The first-order valence-electron chi connectivity index (χ1n) is 5.50. The SMILES string of the molecule is COC(=O)Cc1ccccc1Cn1cc(I)cn1. The van der Waals surface area contributed by atoms with E-state index < -0.39 is 0 Å². The standard InChI is InChI=1S/C13H13IN2O2/c1-18-13(17)6-10-4-2-3-5-11(10)8-16-9-12(14)7-15-16/h2-5,7,9H,6,8H2,1H3. The van der Waals surface area contributed by atoms with Gasteiger partial charge in [0.25, 0.3) is 0 Å². The van der Waals surface area contributed by atoms with Gasteiger partial charge in [0.15, 0.2) is 0 Å². The Kier molecular flexibility index (Phi) is 4.35. The smallest absolute Gasteiger partial charge is 0.309 e. The Morgan fingerprint density at radius 2 is 2.11 bits per heavy atom. The number of hydrogen-bond acceptors (Lipinski definition) is 3. The summed E-state index contributed by atoms with van der Waals surface area (Å²) in [4.78, 5) is 11.3. The summed E-state index contributed by atoms with van der Waals surface area (Å²) in [5.41, 5.74) is 2.07. The molecule has 0 spiro atoms. The molecule has 0 fully saturated rings. The summed E-state index contributed by atoms with van der Waals surface area (Å²) in [6, 6.07) is 7.84. The first-order valence-corrected chi connectivity index (χ1v) is 6.58. The second-order valence-corrected chi connectivity index (χ2v) is 5.12. The van der Waals surface area contributed by atoms with Crippen LogP contribution in [0.5, 0.6) is 0 Å². The molecule has 0 saturated heterocycles. The van der Waals surface area contributed by atoms with Crippen molar-refractivity contribution in [3.05, 3.63) is 51.4 Å². The van der Waals surface area contributed by atoms with E-state index in [0.717, 1.165) is 14.7 Å². The molecule has 18 heavy (non-hydrogen) atoms. The Morgan fingerprint density at radius 1 is 1.39 bits per heavy atom. The molecular weight excluding hydrogens is 343 g/mol. The number of aromatic nitrogens is 2. The number of esters is 1. The van der Waals surface area contributed by atoms with E-state index in [1.807, 2.05) is 41.3 Å². The maximum absolute atomic E-state index is 11.3. The van der Waals surface area contributed by atoms with Gasteiger partial charge < -0.3 is 4.74 Å². The maximum atomic E-state index is 11.3. The molecular formula is C13H13IN2O2. The predicted octanol–water partition coefficient (Wildman–Crippen LogP) is 2.25. The van der Waals surface area contributed by atoms with E-state index in [-0.39, 0.29) is 5.97 Å². The number of benzene rings is 1. The minimum atomic E-state index is -0.225. The Bertz CT molecular complexity index is 551. The Balaban J connectivity index is 2.19. The van der Waals surface area contributed by atoms with Crippen LogP contribution in [-0.4, -0.2) is 22.9 Å². The quantitative estimate of drug-likeness (QED) is 0.624. The summed E-state index contributed by atoms with van der Waals surface area (Å²) in [7, 11) is 1.40. The summed E-state index contributed by atoms with van der Waals surface area (Å²) in [5.74, 6) is -0.225. The highest BCUT2D eigenvalue weighted by molar-refractivity contribution is 14.1. The van der Waals surface area contributed by atoms with Crippen LogP contribution in [0.2, 0.25) is 0 Å². The minimum Gasteiger partial charge on any atom is -0.469 e. The maximum Gasteiger partial charge on any atom is 0.309 e. The van der Waals surface area contributed by atoms with E-state index in [1.54, 1.807) is 0 Å². The first-order chi connectivity index (χ1) is 8.69. The van der Waals surface area contributed by atoms with Crippen LogP contribution in [0, 0.1) is 3.57 Å². The molecule has 2 aromatic rings. The van der Waals surface area contributed by atoms with Crippen LogP contribution in [0.25, 0.3) is 0 Å². The van der Waals surface area contributed by atoms with Gasteiger partial charge in [-0.15, -0.1) is 0 Å². The number of rotatable bonds is 4. The Morgan fingerprint density at radius 3 is 2.72 bits per heavy atom. The van der Waals surface area contributed by atoms with Gasteiger partial charge in [-0.2, -0.15) is 5.10 Å². The molecule has 94 valence electrons. The van der Waals surface area contributed by atoms with E-state index >= 15 is 0 Å². The van der Waals surface area contributed by atoms with Crippen LogP contribution < -0.4 is 0 Å². The molecule has 4 nitrogen and oxygen atoms in total. The zero-order valence-electron chi connectivity index (χ0n) is 9.97. The number of carbonyl (C=O) groups excluding carboxylic acids is 1. The van der Waals surface area contributed by atoms with Crippen molar-refractivity contribution in [1.82, 2.24) is 9.78 Å². The lowest BCUT2D eigenvalue weighted by molar-refractivity contribution is -0.139. The second-order valence-electron chi connectivity index (χ2n) is 3.88. The van der Waals surface area contributed by atoms with Crippen molar-refractivity contribution >= 4 is 28.6 Å². The molecule has 1 heterocycles. The fourth-order valence-electron chi connectivity index (χ4n) is 1.71. The summed E-state index contributed by atoms with van der Waals surface area (Å²) in [6.45, 7) is 0.663. The van der Waals surface area contributed by atoms with Crippen molar-refractivity contribution < 1.29 is 9.53 Å². The number of methoxy groups -OCH3 is 1. The van der Waals surface area contributed by atoms with Crippen LogP contribution in [-0.2, 0) is 22.5 Å². The third-order valence-corrected chi connectivity index (χ3v) is 3.17. The van der Waals surface area contributed by atoms with Gasteiger partial charge >= 0.3 is 5.97 Å². The molecule has 0 N–H and O–H groups in total. The molecule has 0 aliphatic carbocycles. The first kappa shape index (κ1) is 13.1. The molecule has 0 bridgehead atoms. The van der Waals surface area contributed by atoms with Gasteiger partial charge in [0, 0.05) is 6.20 Å². The molecule has 0 amide bonds. The van der Waals surface area contributed by atoms with Crippen LogP contribution in [0.1, 0.15) is 11.1 Å². The van der Waals surface area contributed by atoms with Gasteiger partial charge in [-0.25, -0.2) is 0 Å². The molecule has 0 atom stereocenters. The van der Waals surface area contributed by atoms with Crippen molar-refractivity contribution in [3.8, 4) is 0 Å². The molecule has 0 aliphatic heterocycles. The van der Waals surface area contributed by atoms with Crippen LogP contribution in [0.4, 0.5) is 0 Å². The van der Waals surface area contributed by atoms with Crippen LogP contribution in [0.3, 0.4) is 0 Å². The van der Waals surface area contributed by atoms with Gasteiger partial charge in [-0.3, -0.25) is 9.48 Å². The number of carbonyl (C=O) groups is 1. The van der Waals surface area contributed by atoms with Gasteiger partial charge in [0.05, 0.1) is 29.8 Å². The molecule has 0 saturated carbocycles. The zero-order valence-corrected chi connectivity index (χ0v) is 12.1. The van der Waals surface area contributed by atoms with E-state index in [2.05, 4.69) is 27.7 Å². The summed E-state index contributed by atoms with van der Waals surface area (Å²) < 4.78 is 7.66.